The lowest BCUT2D eigenvalue weighted by Gasteiger charge is -2.28. The quantitative estimate of drug-likeness (QED) is 0.718. The summed E-state index contributed by atoms with van der Waals surface area (Å²) in [5.74, 6) is 0.879. The van der Waals surface area contributed by atoms with Crippen molar-refractivity contribution < 1.29 is 18.7 Å². The van der Waals surface area contributed by atoms with Gasteiger partial charge in [-0.2, -0.15) is 0 Å². The molecule has 29 heavy (non-hydrogen) atoms. The summed E-state index contributed by atoms with van der Waals surface area (Å²) in [5, 5.41) is 2.98. The van der Waals surface area contributed by atoms with Gasteiger partial charge >= 0.3 is 0 Å². The van der Waals surface area contributed by atoms with E-state index < -0.39 is 0 Å². The SMILES string of the molecule is CC(C)(CNC(=O)c1cncn1-c1ccc(F)cc1)c1ccc2c(c1)OCCO2. The molecule has 1 aromatic heterocycles. The Morgan fingerprint density at radius 3 is 2.62 bits per heavy atom. The standard InChI is InChI=1S/C22H22FN3O3/c1-22(2,15-3-8-19-20(11-15)29-10-9-28-19)13-25-21(27)18-12-24-14-26(18)17-6-4-16(23)5-7-17/h3-8,11-12,14H,9-10,13H2,1-2H3,(H,25,27). The van der Waals surface area contributed by atoms with Crippen LogP contribution in [0.3, 0.4) is 0 Å². The van der Waals surface area contributed by atoms with Crippen molar-refractivity contribution in [3.05, 3.63) is 72.1 Å². The maximum Gasteiger partial charge on any atom is 0.269 e. The van der Waals surface area contributed by atoms with Crippen LogP contribution < -0.4 is 14.8 Å². The molecule has 1 amide bonds. The summed E-state index contributed by atoms with van der Waals surface area (Å²) in [6, 6.07) is 11.8. The molecule has 0 saturated carbocycles. The predicted octanol–water partition coefficient (Wildman–Crippen LogP) is 3.49. The van der Waals surface area contributed by atoms with Gasteiger partial charge in [0.2, 0.25) is 0 Å². The first kappa shape index (κ1) is 19.0. The third kappa shape index (κ3) is 3.94. The number of benzene rings is 2. The topological polar surface area (TPSA) is 65.4 Å². The Kier molecular flexibility index (Phi) is 4.96. The number of amides is 1. The highest BCUT2D eigenvalue weighted by Crippen LogP contribution is 2.35. The molecule has 2 aromatic carbocycles. The molecule has 0 unspecified atom stereocenters. The number of imidazole rings is 1. The lowest BCUT2D eigenvalue weighted by molar-refractivity contribution is 0.0938. The molecule has 0 spiro atoms. The average Bonchev–Trinajstić information content (AvgIpc) is 3.22. The van der Waals surface area contributed by atoms with E-state index in [2.05, 4.69) is 24.1 Å². The molecule has 3 aromatic rings. The number of rotatable bonds is 5. The Labute approximate surface area is 168 Å². The van der Waals surface area contributed by atoms with Crippen LogP contribution in [0.2, 0.25) is 0 Å². The maximum atomic E-state index is 13.2. The molecule has 0 atom stereocenters. The van der Waals surface area contributed by atoms with Crippen molar-refractivity contribution >= 4 is 5.91 Å². The molecule has 2 heterocycles. The number of halogens is 1. The molecule has 6 nitrogen and oxygen atoms in total. The smallest absolute Gasteiger partial charge is 0.269 e. The number of fused-ring (bicyclic) bond motifs is 1. The van der Waals surface area contributed by atoms with E-state index in [0.717, 1.165) is 17.1 Å². The highest BCUT2D eigenvalue weighted by atomic mass is 19.1. The van der Waals surface area contributed by atoms with E-state index in [-0.39, 0.29) is 17.1 Å². The summed E-state index contributed by atoms with van der Waals surface area (Å²) < 4.78 is 26.1. The zero-order valence-corrected chi connectivity index (χ0v) is 16.3. The van der Waals surface area contributed by atoms with Gasteiger partial charge < -0.3 is 14.8 Å². The zero-order valence-electron chi connectivity index (χ0n) is 16.3. The van der Waals surface area contributed by atoms with Crippen molar-refractivity contribution in [2.24, 2.45) is 0 Å². The maximum absolute atomic E-state index is 13.2. The Morgan fingerprint density at radius 2 is 1.86 bits per heavy atom. The first-order valence-corrected chi connectivity index (χ1v) is 9.41. The average molecular weight is 395 g/mol. The summed E-state index contributed by atoms with van der Waals surface area (Å²) in [4.78, 5) is 16.9. The summed E-state index contributed by atoms with van der Waals surface area (Å²) in [5.41, 5.74) is 1.76. The second-order valence-electron chi connectivity index (χ2n) is 7.55. The van der Waals surface area contributed by atoms with E-state index in [0.29, 0.717) is 31.1 Å². The molecule has 0 bridgehead atoms. The van der Waals surface area contributed by atoms with Gasteiger partial charge in [0.25, 0.3) is 5.91 Å². The van der Waals surface area contributed by atoms with E-state index in [1.54, 1.807) is 16.7 Å². The van der Waals surface area contributed by atoms with E-state index in [4.69, 9.17) is 9.47 Å². The third-order valence-corrected chi connectivity index (χ3v) is 4.99. The first-order valence-electron chi connectivity index (χ1n) is 9.41. The van der Waals surface area contributed by atoms with Gasteiger partial charge in [-0.15, -0.1) is 0 Å². The normalized spacial score (nSPS) is 13.2. The van der Waals surface area contributed by atoms with Crippen LogP contribution in [0.1, 0.15) is 29.9 Å². The minimum Gasteiger partial charge on any atom is -0.486 e. The van der Waals surface area contributed by atoms with Crippen LogP contribution in [0.5, 0.6) is 11.5 Å². The summed E-state index contributed by atoms with van der Waals surface area (Å²) in [6.07, 6.45) is 3.03. The minimum absolute atomic E-state index is 0.252. The number of carbonyl (C=O) groups excluding carboxylic acids is 1. The zero-order chi connectivity index (χ0) is 20.4. The fourth-order valence-corrected chi connectivity index (χ4v) is 3.23. The molecule has 0 radical (unpaired) electrons. The van der Waals surface area contributed by atoms with E-state index in [1.807, 2.05) is 18.2 Å². The number of carbonyl (C=O) groups is 1. The fraction of sp³-hybridized carbons (Fsp3) is 0.273. The number of nitrogens with zero attached hydrogens (tertiary/aromatic N) is 2. The van der Waals surface area contributed by atoms with Gasteiger partial charge in [0.05, 0.1) is 12.5 Å². The highest BCUT2D eigenvalue weighted by Gasteiger charge is 2.25. The van der Waals surface area contributed by atoms with Gasteiger partial charge in [0.15, 0.2) is 11.5 Å². The Hall–Kier alpha value is -3.35. The van der Waals surface area contributed by atoms with Gasteiger partial charge in [-0.25, -0.2) is 9.37 Å². The largest absolute Gasteiger partial charge is 0.486 e. The van der Waals surface area contributed by atoms with Gasteiger partial charge in [0.1, 0.15) is 24.7 Å². The molecule has 0 aliphatic carbocycles. The minimum atomic E-state index is -0.332. The number of hydrogen-bond acceptors (Lipinski definition) is 4. The Bertz CT molecular complexity index is 1030. The predicted molar refractivity (Wildman–Crippen MR) is 106 cm³/mol. The second kappa shape index (κ2) is 7.58. The lowest BCUT2D eigenvalue weighted by atomic mass is 9.84. The monoisotopic (exact) mass is 395 g/mol. The summed E-state index contributed by atoms with van der Waals surface area (Å²) >= 11 is 0. The lowest BCUT2D eigenvalue weighted by Crippen LogP contribution is -2.37. The van der Waals surface area contributed by atoms with Crippen LogP contribution in [0.15, 0.2) is 55.0 Å². The molecule has 7 heteroatoms. The van der Waals surface area contributed by atoms with Gasteiger partial charge in [-0.05, 0) is 42.0 Å². The second-order valence-corrected chi connectivity index (χ2v) is 7.55. The molecule has 1 aliphatic heterocycles. The van der Waals surface area contributed by atoms with Crippen LogP contribution in [-0.2, 0) is 5.41 Å². The van der Waals surface area contributed by atoms with Crippen LogP contribution in [-0.4, -0.2) is 35.2 Å². The molecule has 1 aliphatic rings. The van der Waals surface area contributed by atoms with E-state index in [9.17, 15) is 9.18 Å². The van der Waals surface area contributed by atoms with Crippen molar-refractivity contribution in [1.82, 2.24) is 14.9 Å². The summed E-state index contributed by atoms with van der Waals surface area (Å²) in [6.45, 7) is 5.60. The third-order valence-electron chi connectivity index (χ3n) is 4.99. The van der Waals surface area contributed by atoms with Crippen LogP contribution in [0.4, 0.5) is 4.39 Å². The van der Waals surface area contributed by atoms with Crippen LogP contribution in [0.25, 0.3) is 5.69 Å². The number of ether oxygens (including phenoxy) is 2. The fourth-order valence-electron chi connectivity index (χ4n) is 3.23. The molecular weight excluding hydrogens is 373 g/mol. The van der Waals surface area contributed by atoms with Crippen LogP contribution in [0, 0.1) is 5.82 Å². The van der Waals surface area contributed by atoms with Crippen molar-refractivity contribution in [1.29, 1.82) is 0 Å². The number of nitrogens with one attached hydrogen (secondary N) is 1. The van der Waals surface area contributed by atoms with Crippen LogP contribution >= 0.6 is 0 Å². The van der Waals surface area contributed by atoms with Gasteiger partial charge in [-0.1, -0.05) is 19.9 Å². The molecular formula is C22H22FN3O3. The molecule has 150 valence electrons. The summed E-state index contributed by atoms with van der Waals surface area (Å²) in [7, 11) is 0. The van der Waals surface area contributed by atoms with Crippen molar-refractivity contribution in [2.75, 3.05) is 19.8 Å². The first-order chi connectivity index (χ1) is 13.9. The van der Waals surface area contributed by atoms with Crippen molar-refractivity contribution in [3.8, 4) is 17.2 Å². The highest BCUT2D eigenvalue weighted by molar-refractivity contribution is 5.93. The van der Waals surface area contributed by atoms with Gasteiger partial charge in [0, 0.05) is 17.6 Å². The number of aromatic nitrogens is 2. The number of hydrogen-bond donors (Lipinski definition) is 1. The molecule has 1 N–H and O–H groups in total. The molecule has 0 fully saturated rings. The van der Waals surface area contributed by atoms with E-state index >= 15 is 0 Å². The Morgan fingerprint density at radius 1 is 1.14 bits per heavy atom. The molecule has 4 rings (SSSR count). The Balaban J connectivity index is 1.48. The van der Waals surface area contributed by atoms with Crippen molar-refractivity contribution in [3.63, 3.8) is 0 Å². The molecule has 0 saturated heterocycles. The van der Waals surface area contributed by atoms with Crippen molar-refractivity contribution in [2.45, 2.75) is 19.3 Å². The van der Waals surface area contributed by atoms with E-state index in [1.165, 1.54) is 24.7 Å². The van der Waals surface area contributed by atoms with Gasteiger partial charge in [-0.3, -0.25) is 9.36 Å².